The van der Waals surface area contributed by atoms with E-state index in [0.29, 0.717) is 48.4 Å². The standard InChI is InChI=1S/C27H34ClNO4/c1-5-22(27(30)31)23-14-9-10-15-25(24(28)18-20(23)4)32-17-11-16-29-26(33-19(2)3)21-12-7-6-8-13-21/h6-8,10,12-13,15,18,22-23H,2,5,9,11,14,16-17H2,1,3-4H3,(H,30,31)/b15-10+,20-18+,25-24-,29-26?. The molecule has 178 valence electrons. The van der Waals surface area contributed by atoms with Crippen LogP contribution in [0.5, 0.6) is 0 Å². The molecule has 2 atom stereocenters. The van der Waals surface area contributed by atoms with E-state index in [4.69, 9.17) is 21.1 Å². The van der Waals surface area contributed by atoms with Crippen LogP contribution in [-0.2, 0) is 14.3 Å². The summed E-state index contributed by atoms with van der Waals surface area (Å²) in [4.78, 5) is 16.2. The molecule has 1 aromatic carbocycles. The van der Waals surface area contributed by atoms with Gasteiger partial charge >= 0.3 is 5.97 Å². The molecule has 0 aromatic heterocycles. The summed E-state index contributed by atoms with van der Waals surface area (Å²) >= 11 is 6.54. The average Bonchev–Trinajstić information content (AvgIpc) is 2.84. The fourth-order valence-electron chi connectivity index (χ4n) is 3.77. The van der Waals surface area contributed by atoms with Crippen LogP contribution in [0, 0.1) is 11.8 Å². The Morgan fingerprint density at radius 3 is 2.70 bits per heavy atom. The first kappa shape index (κ1) is 26.5. The molecule has 0 saturated carbocycles. The quantitative estimate of drug-likeness (QED) is 0.175. The maximum atomic E-state index is 11.7. The minimum absolute atomic E-state index is 0.0516. The van der Waals surface area contributed by atoms with Crippen molar-refractivity contribution in [3.63, 3.8) is 0 Å². The van der Waals surface area contributed by atoms with E-state index in [1.807, 2.05) is 62.4 Å². The zero-order chi connectivity index (χ0) is 24.2. The van der Waals surface area contributed by atoms with Gasteiger partial charge in [0, 0.05) is 18.5 Å². The molecule has 0 fully saturated rings. The van der Waals surface area contributed by atoms with Crippen molar-refractivity contribution < 1.29 is 19.4 Å². The van der Waals surface area contributed by atoms with Gasteiger partial charge in [-0.25, -0.2) is 0 Å². The number of carboxylic acids is 1. The number of carbonyl (C=O) groups is 1. The largest absolute Gasteiger partial charge is 0.492 e. The summed E-state index contributed by atoms with van der Waals surface area (Å²) in [6.45, 7) is 10.4. The Morgan fingerprint density at radius 2 is 2.06 bits per heavy atom. The van der Waals surface area contributed by atoms with E-state index in [1.54, 1.807) is 6.92 Å². The molecular formula is C27H34ClNO4. The summed E-state index contributed by atoms with van der Waals surface area (Å²) in [7, 11) is 0. The van der Waals surface area contributed by atoms with Crippen LogP contribution in [0.15, 0.2) is 82.3 Å². The number of halogens is 1. The number of aliphatic imine (C=N–C) groups is 1. The van der Waals surface area contributed by atoms with Gasteiger partial charge < -0.3 is 14.6 Å². The number of rotatable bonds is 10. The lowest BCUT2D eigenvalue weighted by molar-refractivity contribution is -0.143. The normalized spacial score (nSPS) is 22.7. The Labute approximate surface area is 202 Å². The number of benzene rings is 1. The van der Waals surface area contributed by atoms with Gasteiger partial charge in [-0.1, -0.05) is 55.0 Å². The van der Waals surface area contributed by atoms with Crippen molar-refractivity contribution in [1.29, 1.82) is 0 Å². The summed E-state index contributed by atoms with van der Waals surface area (Å²) < 4.78 is 11.6. The van der Waals surface area contributed by atoms with Gasteiger partial charge in [-0.05, 0) is 63.3 Å². The van der Waals surface area contributed by atoms with Gasteiger partial charge in [-0.2, -0.15) is 0 Å². The van der Waals surface area contributed by atoms with Crippen molar-refractivity contribution >= 4 is 23.5 Å². The zero-order valence-corrected chi connectivity index (χ0v) is 20.5. The van der Waals surface area contributed by atoms with Crippen LogP contribution >= 0.6 is 11.6 Å². The van der Waals surface area contributed by atoms with Gasteiger partial charge in [0.1, 0.15) is 5.76 Å². The SMILES string of the molecule is C=C(C)OC(=NCCCOC1=C(Cl)/C=C(\C)C(C(CC)C(=O)O)CC\C=C\1)c1ccccc1. The average molecular weight is 472 g/mol. The molecule has 0 saturated heterocycles. The maximum Gasteiger partial charge on any atom is 0.307 e. The Bertz CT molecular complexity index is 931. The second kappa shape index (κ2) is 13.7. The van der Waals surface area contributed by atoms with Gasteiger partial charge in [0.05, 0.1) is 23.3 Å². The van der Waals surface area contributed by atoms with Crippen molar-refractivity contribution in [2.45, 2.75) is 46.5 Å². The van der Waals surface area contributed by atoms with Crippen molar-refractivity contribution in [2.24, 2.45) is 16.8 Å². The van der Waals surface area contributed by atoms with Crippen molar-refractivity contribution in [3.05, 3.63) is 82.8 Å². The lowest BCUT2D eigenvalue weighted by atomic mass is 9.81. The van der Waals surface area contributed by atoms with Gasteiger partial charge in [-0.15, -0.1) is 0 Å². The summed E-state index contributed by atoms with van der Waals surface area (Å²) in [5.41, 5.74) is 1.86. The fourth-order valence-corrected chi connectivity index (χ4v) is 4.06. The van der Waals surface area contributed by atoms with Gasteiger partial charge in [0.2, 0.25) is 5.90 Å². The predicted octanol–water partition coefficient (Wildman–Crippen LogP) is 6.86. The highest BCUT2D eigenvalue weighted by Crippen LogP contribution is 2.32. The zero-order valence-electron chi connectivity index (χ0n) is 19.7. The fraction of sp³-hybridized carbons (Fsp3) is 0.407. The molecule has 0 amide bonds. The smallest absolute Gasteiger partial charge is 0.307 e. The molecule has 0 heterocycles. The number of ether oxygens (including phenoxy) is 2. The Balaban J connectivity index is 2.03. The van der Waals surface area contributed by atoms with Crippen LogP contribution in [0.4, 0.5) is 0 Å². The van der Waals surface area contributed by atoms with Crippen molar-refractivity contribution in [2.75, 3.05) is 13.2 Å². The van der Waals surface area contributed by atoms with E-state index >= 15 is 0 Å². The molecule has 5 nitrogen and oxygen atoms in total. The Kier molecular flexibility index (Phi) is 11.0. The van der Waals surface area contributed by atoms with Crippen LogP contribution in [0.3, 0.4) is 0 Å². The van der Waals surface area contributed by atoms with Gasteiger partial charge in [0.25, 0.3) is 0 Å². The summed E-state index contributed by atoms with van der Waals surface area (Å²) in [6.07, 6.45) is 8.51. The molecule has 0 spiro atoms. The molecule has 0 radical (unpaired) electrons. The molecule has 1 aromatic rings. The number of allylic oxidation sites excluding steroid dienone is 6. The lowest BCUT2D eigenvalue weighted by Crippen LogP contribution is -2.24. The van der Waals surface area contributed by atoms with Gasteiger partial charge in [-0.3, -0.25) is 9.79 Å². The third-order valence-electron chi connectivity index (χ3n) is 5.44. The van der Waals surface area contributed by atoms with Crippen LogP contribution in [-0.4, -0.2) is 30.1 Å². The number of nitrogens with zero attached hydrogens (tertiary/aromatic N) is 1. The Hall–Kier alpha value is -2.79. The molecule has 0 bridgehead atoms. The molecule has 2 unspecified atom stereocenters. The van der Waals surface area contributed by atoms with Crippen molar-refractivity contribution in [1.82, 2.24) is 0 Å². The first-order valence-corrected chi connectivity index (χ1v) is 11.7. The van der Waals surface area contributed by atoms with E-state index in [-0.39, 0.29) is 5.92 Å². The molecule has 2 rings (SSSR count). The number of hydrogen-bond donors (Lipinski definition) is 1. The number of carboxylic acid groups (broad SMARTS) is 1. The van der Waals surface area contributed by atoms with Crippen LogP contribution in [0.2, 0.25) is 0 Å². The van der Waals surface area contributed by atoms with E-state index in [0.717, 1.165) is 24.0 Å². The van der Waals surface area contributed by atoms with Gasteiger partial charge in [0.15, 0.2) is 0 Å². The van der Waals surface area contributed by atoms with Crippen LogP contribution in [0.1, 0.15) is 52.0 Å². The third kappa shape index (κ3) is 8.58. The Morgan fingerprint density at radius 1 is 1.33 bits per heavy atom. The van der Waals surface area contributed by atoms with Crippen LogP contribution in [0.25, 0.3) is 0 Å². The highest BCUT2D eigenvalue weighted by molar-refractivity contribution is 6.31. The van der Waals surface area contributed by atoms with E-state index in [9.17, 15) is 9.90 Å². The topological polar surface area (TPSA) is 68.1 Å². The minimum atomic E-state index is -0.763. The van der Waals surface area contributed by atoms with E-state index < -0.39 is 11.9 Å². The summed E-state index contributed by atoms with van der Waals surface area (Å²) in [5, 5.41) is 10.1. The molecule has 0 aliphatic heterocycles. The predicted molar refractivity (Wildman–Crippen MR) is 134 cm³/mol. The lowest BCUT2D eigenvalue weighted by Gasteiger charge is -2.23. The molecule has 1 aliphatic carbocycles. The number of hydrogen-bond acceptors (Lipinski definition) is 4. The third-order valence-corrected chi connectivity index (χ3v) is 5.73. The summed E-state index contributed by atoms with van der Waals surface area (Å²) in [6, 6.07) is 9.71. The molecule has 33 heavy (non-hydrogen) atoms. The first-order chi connectivity index (χ1) is 15.8. The second-order valence-corrected chi connectivity index (χ2v) is 8.51. The van der Waals surface area contributed by atoms with E-state index in [2.05, 4.69) is 11.6 Å². The van der Waals surface area contributed by atoms with Crippen molar-refractivity contribution in [3.8, 4) is 0 Å². The molecule has 6 heteroatoms. The monoisotopic (exact) mass is 471 g/mol. The van der Waals surface area contributed by atoms with E-state index in [1.165, 1.54) is 0 Å². The maximum absolute atomic E-state index is 11.7. The highest BCUT2D eigenvalue weighted by atomic mass is 35.5. The minimum Gasteiger partial charge on any atom is -0.492 e. The second-order valence-electron chi connectivity index (χ2n) is 8.10. The number of aliphatic carboxylic acids is 1. The molecular weight excluding hydrogens is 438 g/mol. The molecule has 1 aliphatic rings. The van der Waals surface area contributed by atoms with Crippen LogP contribution < -0.4 is 0 Å². The highest BCUT2D eigenvalue weighted by Gasteiger charge is 2.27. The summed E-state index contributed by atoms with van der Waals surface area (Å²) in [5.74, 6) is 0.474. The molecule has 1 N–H and O–H groups in total. The first-order valence-electron chi connectivity index (χ1n) is 11.4.